The van der Waals surface area contributed by atoms with E-state index in [0.29, 0.717) is 37.6 Å². The van der Waals surface area contributed by atoms with Gasteiger partial charge in [-0.25, -0.2) is 0 Å². The topological polar surface area (TPSA) is 94.2 Å². The van der Waals surface area contributed by atoms with Crippen molar-refractivity contribution in [2.24, 2.45) is 0 Å². The summed E-state index contributed by atoms with van der Waals surface area (Å²) in [7, 11) is 0. The number of hydrogen-bond acceptors (Lipinski definition) is 6. The van der Waals surface area contributed by atoms with Crippen LogP contribution in [0.1, 0.15) is 101 Å². The Balaban J connectivity index is 1.37. The van der Waals surface area contributed by atoms with Crippen molar-refractivity contribution in [2.45, 2.75) is 103 Å². The first-order valence-electron chi connectivity index (χ1n) is 14.7. The van der Waals surface area contributed by atoms with E-state index in [1.165, 1.54) is 49.8 Å². The quantitative estimate of drug-likeness (QED) is 0.224. The van der Waals surface area contributed by atoms with Crippen LogP contribution in [0.4, 0.5) is 0 Å². The number of benzene rings is 1. The van der Waals surface area contributed by atoms with Crippen LogP contribution < -0.4 is 10.1 Å². The van der Waals surface area contributed by atoms with E-state index < -0.39 is 12.0 Å². The molecule has 0 aliphatic carbocycles. The molecule has 212 valence electrons. The first-order valence-corrected chi connectivity index (χ1v) is 14.7. The Bertz CT molecular complexity index is 853. The van der Waals surface area contributed by atoms with Crippen LogP contribution in [0.5, 0.6) is 5.75 Å². The summed E-state index contributed by atoms with van der Waals surface area (Å²) in [6.07, 6.45) is 14.1. The Morgan fingerprint density at radius 2 is 1.68 bits per heavy atom. The zero-order valence-corrected chi connectivity index (χ0v) is 23.1. The normalized spacial score (nSPS) is 19.3. The summed E-state index contributed by atoms with van der Waals surface area (Å²) < 4.78 is 16.7. The summed E-state index contributed by atoms with van der Waals surface area (Å²) >= 11 is 0. The molecule has 0 aromatic heterocycles. The van der Waals surface area contributed by atoms with Crippen LogP contribution in [0, 0.1) is 0 Å². The van der Waals surface area contributed by atoms with Gasteiger partial charge in [0.1, 0.15) is 18.4 Å². The fraction of sp³-hybridized carbons (Fsp3) is 0.700. The molecular weight excluding hydrogens is 484 g/mol. The van der Waals surface area contributed by atoms with Gasteiger partial charge in [-0.2, -0.15) is 0 Å². The monoisotopic (exact) mass is 530 g/mol. The molecule has 0 spiro atoms. The molecule has 8 heteroatoms. The SMILES string of the molecule is CCCCCCCCCCCCOC(=O)CC1C(=O)NCCN1C(=O)c1ccc(OCC2CCCO2)cc1. The van der Waals surface area contributed by atoms with E-state index in [-0.39, 0.29) is 24.3 Å². The number of rotatable bonds is 17. The molecule has 1 aromatic rings. The number of nitrogens with one attached hydrogen (secondary N) is 1. The van der Waals surface area contributed by atoms with Crippen molar-refractivity contribution in [1.82, 2.24) is 10.2 Å². The number of amides is 2. The third-order valence-electron chi connectivity index (χ3n) is 7.27. The van der Waals surface area contributed by atoms with Crippen molar-refractivity contribution in [3.05, 3.63) is 29.8 Å². The summed E-state index contributed by atoms with van der Waals surface area (Å²) in [5.74, 6) is -0.380. The maximum Gasteiger partial charge on any atom is 0.308 e. The summed E-state index contributed by atoms with van der Waals surface area (Å²) in [6, 6.07) is 6.02. The molecule has 2 fully saturated rings. The molecule has 8 nitrogen and oxygen atoms in total. The van der Waals surface area contributed by atoms with E-state index in [0.717, 1.165) is 38.7 Å². The largest absolute Gasteiger partial charge is 0.491 e. The van der Waals surface area contributed by atoms with Crippen molar-refractivity contribution < 1.29 is 28.6 Å². The van der Waals surface area contributed by atoms with Crippen molar-refractivity contribution in [3.8, 4) is 5.75 Å². The second-order valence-electron chi connectivity index (χ2n) is 10.4. The number of carbonyl (C=O) groups is 3. The lowest BCUT2D eigenvalue weighted by Gasteiger charge is -2.34. The number of ether oxygens (including phenoxy) is 3. The van der Waals surface area contributed by atoms with Gasteiger partial charge < -0.3 is 24.4 Å². The van der Waals surface area contributed by atoms with Crippen LogP contribution in [0.2, 0.25) is 0 Å². The molecule has 3 rings (SSSR count). The summed E-state index contributed by atoms with van der Waals surface area (Å²) in [5.41, 5.74) is 0.452. The van der Waals surface area contributed by atoms with Gasteiger partial charge in [-0.1, -0.05) is 64.7 Å². The fourth-order valence-electron chi connectivity index (χ4n) is 4.98. The Kier molecular flexibility index (Phi) is 13.5. The second-order valence-corrected chi connectivity index (χ2v) is 10.4. The maximum absolute atomic E-state index is 13.2. The number of piperazine rings is 1. The maximum atomic E-state index is 13.2. The van der Waals surface area contributed by atoms with E-state index in [9.17, 15) is 14.4 Å². The van der Waals surface area contributed by atoms with E-state index in [4.69, 9.17) is 14.2 Å². The van der Waals surface area contributed by atoms with Gasteiger partial charge in [0.25, 0.3) is 5.91 Å². The van der Waals surface area contributed by atoms with Crippen LogP contribution in [0.3, 0.4) is 0 Å². The van der Waals surface area contributed by atoms with Gasteiger partial charge >= 0.3 is 5.97 Å². The van der Waals surface area contributed by atoms with Gasteiger partial charge in [0.2, 0.25) is 5.91 Å². The number of esters is 1. The Hall–Kier alpha value is -2.61. The number of unbranched alkanes of at least 4 members (excludes halogenated alkanes) is 9. The molecular formula is C30H46N2O6. The molecule has 2 unspecified atom stereocenters. The number of carbonyl (C=O) groups excluding carboxylic acids is 3. The van der Waals surface area contributed by atoms with Gasteiger partial charge in [0.15, 0.2) is 0 Å². The van der Waals surface area contributed by atoms with E-state index in [1.807, 2.05) is 0 Å². The molecule has 2 heterocycles. The molecule has 2 aliphatic rings. The van der Waals surface area contributed by atoms with Crippen molar-refractivity contribution in [3.63, 3.8) is 0 Å². The first kappa shape index (κ1) is 29.9. The van der Waals surface area contributed by atoms with Crippen LogP contribution in [-0.2, 0) is 19.1 Å². The minimum atomic E-state index is -0.869. The molecule has 0 radical (unpaired) electrons. The summed E-state index contributed by atoms with van der Waals surface area (Å²) in [4.78, 5) is 39.7. The van der Waals surface area contributed by atoms with Gasteiger partial charge in [0.05, 0.1) is 19.1 Å². The molecule has 1 N–H and O–H groups in total. The molecule has 2 saturated heterocycles. The fourth-order valence-corrected chi connectivity index (χ4v) is 4.98. The van der Waals surface area contributed by atoms with Gasteiger partial charge in [0, 0.05) is 25.3 Å². The molecule has 2 amide bonds. The highest BCUT2D eigenvalue weighted by atomic mass is 16.5. The Morgan fingerprint density at radius 1 is 1.00 bits per heavy atom. The molecule has 38 heavy (non-hydrogen) atoms. The third-order valence-corrected chi connectivity index (χ3v) is 7.27. The van der Waals surface area contributed by atoms with Crippen LogP contribution in [0.25, 0.3) is 0 Å². The van der Waals surface area contributed by atoms with Crippen molar-refractivity contribution >= 4 is 17.8 Å². The molecule has 0 saturated carbocycles. The lowest BCUT2D eigenvalue weighted by atomic mass is 10.1. The lowest BCUT2D eigenvalue weighted by Crippen LogP contribution is -2.57. The number of hydrogen-bond donors (Lipinski definition) is 1. The predicted molar refractivity (Wildman–Crippen MR) is 146 cm³/mol. The van der Waals surface area contributed by atoms with Crippen molar-refractivity contribution in [1.29, 1.82) is 0 Å². The molecule has 2 atom stereocenters. The first-order chi connectivity index (χ1) is 18.6. The zero-order chi connectivity index (χ0) is 27.0. The van der Waals surface area contributed by atoms with E-state index in [2.05, 4.69) is 12.2 Å². The van der Waals surface area contributed by atoms with Gasteiger partial charge in [-0.3, -0.25) is 14.4 Å². The smallest absolute Gasteiger partial charge is 0.308 e. The average Bonchev–Trinajstić information content (AvgIpc) is 3.45. The highest BCUT2D eigenvalue weighted by Crippen LogP contribution is 2.20. The average molecular weight is 531 g/mol. The highest BCUT2D eigenvalue weighted by Gasteiger charge is 2.35. The van der Waals surface area contributed by atoms with Gasteiger partial charge in [-0.05, 0) is 43.5 Å². The second kappa shape index (κ2) is 17.1. The highest BCUT2D eigenvalue weighted by molar-refractivity contribution is 5.99. The molecule has 1 aromatic carbocycles. The van der Waals surface area contributed by atoms with Crippen LogP contribution in [-0.4, -0.2) is 67.7 Å². The van der Waals surface area contributed by atoms with E-state index >= 15 is 0 Å². The lowest BCUT2D eigenvalue weighted by molar-refractivity contribution is -0.147. The third kappa shape index (κ3) is 10.3. The van der Waals surface area contributed by atoms with Gasteiger partial charge in [-0.15, -0.1) is 0 Å². The summed E-state index contributed by atoms with van der Waals surface area (Å²) in [5, 5.41) is 2.77. The minimum absolute atomic E-state index is 0.119. The predicted octanol–water partition coefficient (Wildman–Crippen LogP) is 5.04. The van der Waals surface area contributed by atoms with E-state index in [1.54, 1.807) is 24.3 Å². The van der Waals surface area contributed by atoms with Crippen LogP contribution in [0.15, 0.2) is 24.3 Å². The van der Waals surface area contributed by atoms with Crippen LogP contribution >= 0.6 is 0 Å². The molecule has 0 bridgehead atoms. The minimum Gasteiger partial charge on any atom is -0.491 e. The Labute approximate surface area is 227 Å². The van der Waals surface area contributed by atoms with Crippen molar-refractivity contribution in [2.75, 3.05) is 32.9 Å². The Morgan fingerprint density at radius 3 is 2.34 bits per heavy atom. The number of nitrogens with zero attached hydrogens (tertiary/aromatic N) is 1. The molecule has 2 aliphatic heterocycles. The summed E-state index contributed by atoms with van der Waals surface area (Å²) in [6.45, 7) is 4.55. The zero-order valence-electron chi connectivity index (χ0n) is 23.1. The standard InChI is InChI=1S/C30H46N2O6/c1-2-3-4-5-6-7-8-9-10-11-20-37-28(33)22-27-29(34)31-18-19-32(27)30(35)24-14-16-25(17-15-24)38-23-26-13-12-21-36-26/h14-17,26-27H,2-13,18-23H2,1H3,(H,31,34).